The van der Waals surface area contributed by atoms with Gasteiger partial charge in [-0.25, -0.2) is 0 Å². The zero-order valence-corrected chi connectivity index (χ0v) is 12.4. The van der Waals surface area contributed by atoms with Crippen LogP contribution in [0.3, 0.4) is 0 Å². The van der Waals surface area contributed by atoms with Crippen molar-refractivity contribution in [2.45, 2.75) is 6.61 Å². The quantitative estimate of drug-likeness (QED) is 0.881. The predicted molar refractivity (Wildman–Crippen MR) is 82.7 cm³/mol. The van der Waals surface area contributed by atoms with E-state index in [0.29, 0.717) is 17.4 Å². The third-order valence-corrected chi connectivity index (χ3v) is 3.02. The first-order chi connectivity index (χ1) is 10.2. The minimum absolute atomic E-state index is 0.162. The molecule has 0 heterocycles. The summed E-state index contributed by atoms with van der Waals surface area (Å²) in [6, 6.07) is 12.8. The molecule has 0 aromatic heterocycles. The summed E-state index contributed by atoms with van der Waals surface area (Å²) in [6.07, 6.45) is 0. The number of aliphatic hydroxyl groups excluding tert-OH is 1. The monoisotopic (exact) mass is 302 g/mol. The Morgan fingerprint density at radius 2 is 2.05 bits per heavy atom. The lowest BCUT2D eigenvalue weighted by Gasteiger charge is -2.11. The van der Waals surface area contributed by atoms with Gasteiger partial charge in [0.05, 0.1) is 7.11 Å². The molecule has 0 amide bonds. The molecule has 0 saturated heterocycles. The maximum absolute atomic E-state index is 8.70. The lowest BCUT2D eigenvalue weighted by molar-refractivity contribution is 0.296. The lowest BCUT2D eigenvalue weighted by atomic mass is 10.2. The molecule has 0 fully saturated rings. The molecular formula is C17H15ClO3. The van der Waals surface area contributed by atoms with Crippen molar-refractivity contribution in [3.8, 4) is 23.3 Å². The Kier molecular flexibility index (Phi) is 5.51. The van der Waals surface area contributed by atoms with Gasteiger partial charge in [0.2, 0.25) is 0 Å². The summed E-state index contributed by atoms with van der Waals surface area (Å²) in [5.74, 6) is 6.87. The van der Waals surface area contributed by atoms with Crippen LogP contribution in [0.1, 0.15) is 11.1 Å². The first-order valence-corrected chi connectivity index (χ1v) is 6.75. The van der Waals surface area contributed by atoms with Crippen molar-refractivity contribution in [1.82, 2.24) is 0 Å². The van der Waals surface area contributed by atoms with Crippen LogP contribution in [0.2, 0.25) is 5.02 Å². The number of ether oxygens (including phenoxy) is 2. The minimum atomic E-state index is -0.162. The van der Waals surface area contributed by atoms with Gasteiger partial charge in [0.1, 0.15) is 24.7 Å². The van der Waals surface area contributed by atoms with Gasteiger partial charge in [-0.05, 0) is 36.4 Å². The molecule has 0 saturated carbocycles. The summed E-state index contributed by atoms with van der Waals surface area (Å²) in [4.78, 5) is 0. The third-order valence-electron chi connectivity index (χ3n) is 2.78. The lowest BCUT2D eigenvalue weighted by Crippen LogP contribution is -1.99. The summed E-state index contributed by atoms with van der Waals surface area (Å²) in [7, 11) is 1.61. The van der Waals surface area contributed by atoms with Crippen LogP contribution in [0.25, 0.3) is 0 Å². The topological polar surface area (TPSA) is 38.7 Å². The zero-order valence-electron chi connectivity index (χ0n) is 11.6. The van der Waals surface area contributed by atoms with Gasteiger partial charge < -0.3 is 14.6 Å². The number of methoxy groups -OCH3 is 1. The van der Waals surface area contributed by atoms with Crippen molar-refractivity contribution in [1.29, 1.82) is 0 Å². The second kappa shape index (κ2) is 7.58. The third kappa shape index (κ3) is 4.42. The molecule has 0 radical (unpaired) electrons. The molecule has 1 N–H and O–H groups in total. The number of aliphatic hydroxyl groups is 1. The van der Waals surface area contributed by atoms with Crippen LogP contribution >= 0.6 is 11.6 Å². The van der Waals surface area contributed by atoms with Gasteiger partial charge in [-0.15, -0.1) is 0 Å². The fraction of sp³-hybridized carbons (Fsp3) is 0.176. The van der Waals surface area contributed by atoms with Crippen molar-refractivity contribution in [3.05, 3.63) is 58.6 Å². The standard InChI is InChI=1S/C17H15ClO3/c1-20-17-8-7-15(18)11-14(17)12-21-16-6-2-4-13(10-16)5-3-9-19/h2,4,6-8,10-11,19H,9,12H2,1H3. The van der Waals surface area contributed by atoms with Crippen molar-refractivity contribution in [3.63, 3.8) is 0 Å². The van der Waals surface area contributed by atoms with Crippen molar-refractivity contribution in [2.24, 2.45) is 0 Å². The summed E-state index contributed by atoms with van der Waals surface area (Å²) in [5.41, 5.74) is 1.66. The Bertz CT molecular complexity index is 671. The van der Waals surface area contributed by atoms with Crippen molar-refractivity contribution < 1.29 is 14.6 Å². The van der Waals surface area contributed by atoms with E-state index >= 15 is 0 Å². The number of rotatable bonds is 4. The van der Waals surface area contributed by atoms with E-state index in [1.54, 1.807) is 13.2 Å². The van der Waals surface area contributed by atoms with Gasteiger partial charge in [0, 0.05) is 16.1 Å². The van der Waals surface area contributed by atoms with E-state index in [9.17, 15) is 0 Å². The Labute approximate surface area is 129 Å². The highest BCUT2D eigenvalue weighted by molar-refractivity contribution is 6.30. The van der Waals surface area contributed by atoms with E-state index < -0.39 is 0 Å². The molecule has 2 rings (SSSR count). The molecule has 4 heteroatoms. The molecule has 21 heavy (non-hydrogen) atoms. The minimum Gasteiger partial charge on any atom is -0.496 e. The smallest absolute Gasteiger partial charge is 0.125 e. The van der Waals surface area contributed by atoms with E-state index in [2.05, 4.69) is 11.8 Å². The maximum Gasteiger partial charge on any atom is 0.125 e. The van der Waals surface area contributed by atoms with Gasteiger partial charge in [-0.1, -0.05) is 29.5 Å². The molecule has 0 unspecified atom stereocenters. The van der Waals surface area contributed by atoms with Gasteiger partial charge in [-0.2, -0.15) is 0 Å². The first-order valence-electron chi connectivity index (χ1n) is 6.38. The SMILES string of the molecule is COc1ccc(Cl)cc1COc1cccc(C#CCO)c1. The van der Waals surface area contributed by atoms with Gasteiger partial charge in [0.25, 0.3) is 0 Å². The molecule has 0 aliphatic rings. The normalized spacial score (nSPS) is 9.67. The van der Waals surface area contributed by atoms with Crippen LogP contribution in [0, 0.1) is 11.8 Å². The molecule has 0 atom stereocenters. The van der Waals surface area contributed by atoms with E-state index in [-0.39, 0.29) is 6.61 Å². The summed E-state index contributed by atoms with van der Waals surface area (Å²) < 4.78 is 11.0. The summed E-state index contributed by atoms with van der Waals surface area (Å²) in [5, 5.41) is 9.34. The Morgan fingerprint density at radius 3 is 2.81 bits per heavy atom. The maximum atomic E-state index is 8.70. The van der Waals surface area contributed by atoms with Crippen LogP contribution in [-0.4, -0.2) is 18.8 Å². The average Bonchev–Trinajstić information content (AvgIpc) is 2.51. The van der Waals surface area contributed by atoms with Crippen molar-refractivity contribution in [2.75, 3.05) is 13.7 Å². The molecule has 0 aliphatic carbocycles. The Morgan fingerprint density at radius 1 is 1.19 bits per heavy atom. The number of hydrogen-bond acceptors (Lipinski definition) is 3. The zero-order chi connectivity index (χ0) is 15.1. The first kappa shape index (κ1) is 15.2. The van der Waals surface area contributed by atoms with Crippen molar-refractivity contribution >= 4 is 11.6 Å². The molecule has 2 aromatic carbocycles. The van der Waals surface area contributed by atoms with E-state index in [1.807, 2.05) is 36.4 Å². The Hall–Kier alpha value is -2.15. The van der Waals surface area contributed by atoms with Crippen LogP contribution in [0.4, 0.5) is 0 Å². The predicted octanol–water partition coefficient (Wildman–Crippen LogP) is 3.27. The molecular weight excluding hydrogens is 288 g/mol. The number of hydrogen-bond donors (Lipinski definition) is 1. The van der Waals surface area contributed by atoms with E-state index in [1.165, 1.54) is 0 Å². The highest BCUT2D eigenvalue weighted by atomic mass is 35.5. The van der Waals surface area contributed by atoms with E-state index in [4.69, 9.17) is 26.2 Å². The Balaban J connectivity index is 2.11. The summed E-state index contributed by atoms with van der Waals surface area (Å²) >= 11 is 5.98. The summed E-state index contributed by atoms with van der Waals surface area (Å²) in [6.45, 7) is 0.186. The highest BCUT2D eigenvalue weighted by Gasteiger charge is 2.05. The fourth-order valence-electron chi connectivity index (χ4n) is 1.83. The number of halogens is 1. The van der Waals surface area contributed by atoms with Gasteiger partial charge in [0.15, 0.2) is 0 Å². The molecule has 108 valence electrons. The van der Waals surface area contributed by atoms with Gasteiger partial charge in [-0.3, -0.25) is 0 Å². The second-order valence-corrected chi connectivity index (χ2v) is 4.67. The van der Waals surface area contributed by atoms with Gasteiger partial charge >= 0.3 is 0 Å². The van der Waals surface area contributed by atoms with E-state index in [0.717, 1.165) is 16.9 Å². The molecule has 2 aromatic rings. The largest absolute Gasteiger partial charge is 0.496 e. The molecule has 0 aliphatic heterocycles. The van der Waals surface area contributed by atoms with Crippen LogP contribution in [-0.2, 0) is 6.61 Å². The van der Waals surface area contributed by atoms with Crippen LogP contribution in [0.5, 0.6) is 11.5 Å². The fourth-order valence-corrected chi connectivity index (χ4v) is 2.02. The number of benzene rings is 2. The molecule has 0 bridgehead atoms. The molecule has 0 spiro atoms. The van der Waals surface area contributed by atoms with Crippen LogP contribution < -0.4 is 9.47 Å². The second-order valence-electron chi connectivity index (χ2n) is 4.23. The highest BCUT2D eigenvalue weighted by Crippen LogP contribution is 2.24. The van der Waals surface area contributed by atoms with Crippen LogP contribution in [0.15, 0.2) is 42.5 Å². The molecule has 3 nitrogen and oxygen atoms in total. The average molecular weight is 303 g/mol.